The van der Waals surface area contributed by atoms with Crippen LogP contribution in [-0.2, 0) is 14.8 Å². The van der Waals surface area contributed by atoms with Gasteiger partial charge in [-0.05, 0) is 56.0 Å². The maximum Gasteiger partial charge on any atom is 0.252 e. The van der Waals surface area contributed by atoms with Gasteiger partial charge in [0.05, 0.1) is 17.6 Å². The maximum atomic E-state index is 13.3. The number of piperidine rings is 1. The van der Waals surface area contributed by atoms with Crippen LogP contribution in [0.25, 0.3) is 11.4 Å². The van der Waals surface area contributed by atoms with Gasteiger partial charge in [0.15, 0.2) is 0 Å². The van der Waals surface area contributed by atoms with Gasteiger partial charge in [0.1, 0.15) is 4.21 Å². The Kier molecular flexibility index (Phi) is 6.20. The van der Waals surface area contributed by atoms with E-state index in [9.17, 15) is 13.2 Å². The molecule has 0 spiro atoms. The number of amides is 1. The quantitative estimate of drug-likeness (QED) is 0.545. The maximum absolute atomic E-state index is 13.3. The number of nitriles is 1. The second-order valence-electron chi connectivity index (χ2n) is 8.62. The minimum atomic E-state index is -3.75. The van der Waals surface area contributed by atoms with E-state index in [0.717, 1.165) is 30.6 Å². The number of hydrogen-bond donors (Lipinski definition) is 1. The number of carbonyl (C=O) groups is 1. The lowest BCUT2D eigenvalue weighted by molar-refractivity contribution is -0.120. The first-order chi connectivity index (χ1) is 16.4. The third-order valence-corrected chi connectivity index (χ3v) is 9.64. The molecule has 1 atom stereocenters. The van der Waals surface area contributed by atoms with Crippen molar-refractivity contribution in [3.05, 3.63) is 47.2 Å². The number of nitrogens with zero attached hydrogens (tertiary/aromatic N) is 4. The van der Waals surface area contributed by atoms with Gasteiger partial charge in [-0.1, -0.05) is 11.6 Å². The van der Waals surface area contributed by atoms with Crippen LogP contribution in [0.4, 0.5) is 5.69 Å². The Labute approximate surface area is 201 Å². The van der Waals surface area contributed by atoms with Crippen LogP contribution in [0.1, 0.15) is 49.5 Å². The highest BCUT2D eigenvalue weighted by Crippen LogP contribution is 2.37. The first-order valence-electron chi connectivity index (χ1n) is 11.2. The summed E-state index contributed by atoms with van der Waals surface area (Å²) in [4.78, 5) is 17.2. The van der Waals surface area contributed by atoms with Crippen LogP contribution in [0.3, 0.4) is 0 Å². The molecule has 2 aliphatic rings. The lowest BCUT2D eigenvalue weighted by Gasteiger charge is -2.30. The van der Waals surface area contributed by atoms with E-state index >= 15 is 0 Å². The van der Waals surface area contributed by atoms with Crippen molar-refractivity contribution < 1.29 is 17.7 Å². The molecule has 34 heavy (non-hydrogen) atoms. The van der Waals surface area contributed by atoms with Crippen LogP contribution >= 0.6 is 11.3 Å². The Morgan fingerprint density at radius 3 is 2.71 bits per heavy atom. The molecular formula is C23H23N5O4S2. The first kappa shape index (κ1) is 22.7. The molecule has 5 rings (SSSR count). The fourth-order valence-electron chi connectivity index (χ4n) is 4.12. The molecule has 3 aromatic rings. The van der Waals surface area contributed by atoms with Crippen LogP contribution in [0.2, 0.25) is 0 Å². The summed E-state index contributed by atoms with van der Waals surface area (Å²) in [5, 5.41) is 17.5. The van der Waals surface area contributed by atoms with Crippen molar-refractivity contribution >= 4 is 33.0 Å². The molecule has 1 saturated heterocycles. The molecule has 1 aliphatic carbocycles. The molecule has 2 fully saturated rings. The highest BCUT2D eigenvalue weighted by molar-refractivity contribution is 7.91. The van der Waals surface area contributed by atoms with E-state index in [0.29, 0.717) is 53.8 Å². The lowest BCUT2D eigenvalue weighted by atomic mass is 9.85. The number of benzene rings is 1. The average molecular weight is 498 g/mol. The van der Waals surface area contributed by atoms with Crippen molar-refractivity contribution in [1.82, 2.24) is 14.4 Å². The number of aromatic nitrogens is 2. The summed E-state index contributed by atoms with van der Waals surface area (Å²) in [6.45, 7) is 0.482. The Balaban J connectivity index is 1.27. The summed E-state index contributed by atoms with van der Waals surface area (Å²) in [6.07, 6.45) is 4.44. The molecule has 9 nitrogen and oxygen atoms in total. The molecule has 3 heterocycles. The Morgan fingerprint density at radius 2 is 2.00 bits per heavy atom. The molecule has 1 aliphatic heterocycles. The van der Waals surface area contributed by atoms with E-state index in [1.807, 2.05) is 6.07 Å². The number of anilines is 1. The van der Waals surface area contributed by atoms with Gasteiger partial charge in [-0.2, -0.15) is 14.6 Å². The number of rotatable bonds is 6. The summed E-state index contributed by atoms with van der Waals surface area (Å²) in [5.74, 6) is 0.637. The SMILES string of the molecule is N#Cc1ccc(NC(=O)C2CCCN(S(=O)(=O)c3cc(-c4noc(C5CCC5)n4)cs3)C2)cc1. The number of thiophene rings is 1. The number of sulfonamides is 1. The van der Waals surface area contributed by atoms with Crippen LogP contribution in [-0.4, -0.2) is 41.9 Å². The van der Waals surface area contributed by atoms with Crippen LogP contribution in [0.15, 0.2) is 44.4 Å². The minimum absolute atomic E-state index is 0.117. The third-order valence-electron chi connectivity index (χ3n) is 6.36. The minimum Gasteiger partial charge on any atom is -0.339 e. The molecule has 1 N–H and O–H groups in total. The number of nitrogens with one attached hydrogen (secondary N) is 1. The number of hydrogen-bond acceptors (Lipinski definition) is 8. The topological polar surface area (TPSA) is 129 Å². The number of carbonyl (C=O) groups excluding carboxylic acids is 1. The zero-order valence-electron chi connectivity index (χ0n) is 18.3. The molecule has 1 unspecified atom stereocenters. The summed E-state index contributed by atoms with van der Waals surface area (Å²) in [6, 6.07) is 10.2. The summed E-state index contributed by atoms with van der Waals surface area (Å²) in [5.41, 5.74) is 1.70. The van der Waals surface area contributed by atoms with Crippen LogP contribution in [0, 0.1) is 17.2 Å². The standard InChI is InChI=1S/C23H23N5O4S2/c24-12-15-6-8-19(9-7-15)25-22(29)17-5-2-10-28(13-17)34(30,31)20-11-18(14-33-20)21-26-23(32-27-21)16-3-1-4-16/h6-9,11,14,16-17H,1-5,10,13H2,(H,25,29). The third kappa shape index (κ3) is 4.49. The predicted octanol–water partition coefficient (Wildman–Crippen LogP) is 3.98. The highest BCUT2D eigenvalue weighted by atomic mass is 32.2. The van der Waals surface area contributed by atoms with Crippen molar-refractivity contribution in [2.24, 2.45) is 5.92 Å². The van der Waals surface area contributed by atoms with Crippen LogP contribution < -0.4 is 5.32 Å². The van der Waals surface area contributed by atoms with E-state index in [1.165, 1.54) is 4.31 Å². The molecule has 11 heteroatoms. The Bertz CT molecular complexity index is 1340. The second kappa shape index (κ2) is 9.29. The van der Waals surface area contributed by atoms with E-state index in [4.69, 9.17) is 9.78 Å². The summed E-state index contributed by atoms with van der Waals surface area (Å²) in [7, 11) is -3.75. The van der Waals surface area contributed by atoms with Gasteiger partial charge in [0.25, 0.3) is 10.0 Å². The van der Waals surface area contributed by atoms with Gasteiger partial charge < -0.3 is 9.84 Å². The molecule has 2 aromatic heterocycles. The van der Waals surface area contributed by atoms with Gasteiger partial charge in [0, 0.05) is 35.6 Å². The van der Waals surface area contributed by atoms with E-state index in [2.05, 4.69) is 15.5 Å². The van der Waals surface area contributed by atoms with E-state index < -0.39 is 15.9 Å². The van der Waals surface area contributed by atoms with Crippen molar-refractivity contribution in [2.75, 3.05) is 18.4 Å². The molecule has 176 valence electrons. The van der Waals surface area contributed by atoms with Gasteiger partial charge in [-0.25, -0.2) is 8.42 Å². The Morgan fingerprint density at radius 1 is 1.21 bits per heavy atom. The van der Waals surface area contributed by atoms with Crippen molar-refractivity contribution in [1.29, 1.82) is 5.26 Å². The zero-order chi connectivity index (χ0) is 23.7. The molecule has 1 amide bonds. The summed E-state index contributed by atoms with van der Waals surface area (Å²) >= 11 is 1.12. The zero-order valence-corrected chi connectivity index (χ0v) is 19.9. The smallest absolute Gasteiger partial charge is 0.252 e. The van der Waals surface area contributed by atoms with Gasteiger partial charge in [0.2, 0.25) is 17.6 Å². The molecule has 1 saturated carbocycles. The van der Waals surface area contributed by atoms with Gasteiger partial charge in [-0.3, -0.25) is 4.79 Å². The molecular weight excluding hydrogens is 474 g/mol. The molecule has 1 aromatic carbocycles. The van der Waals surface area contributed by atoms with Gasteiger partial charge in [-0.15, -0.1) is 11.3 Å². The fourth-order valence-corrected chi connectivity index (χ4v) is 6.95. The average Bonchev–Trinajstić information content (AvgIpc) is 3.49. The largest absolute Gasteiger partial charge is 0.339 e. The second-order valence-corrected chi connectivity index (χ2v) is 11.7. The highest BCUT2D eigenvalue weighted by Gasteiger charge is 2.34. The van der Waals surface area contributed by atoms with Crippen LogP contribution in [0.5, 0.6) is 0 Å². The van der Waals surface area contributed by atoms with E-state index in [-0.39, 0.29) is 16.7 Å². The van der Waals surface area contributed by atoms with Crippen molar-refractivity contribution in [2.45, 2.75) is 42.2 Å². The molecule has 0 radical (unpaired) electrons. The predicted molar refractivity (Wildman–Crippen MR) is 125 cm³/mol. The molecule has 0 bridgehead atoms. The van der Waals surface area contributed by atoms with E-state index in [1.54, 1.807) is 35.7 Å². The van der Waals surface area contributed by atoms with Gasteiger partial charge >= 0.3 is 0 Å². The monoisotopic (exact) mass is 497 g/mol. The lowest BCUT2D eigenvalue weighted by Crippen LogP contribution is -2.43. The summed E-state index contributed by atoms with van der Waals surface area (Å²) < 4.78 is 33.6. The normalized spacial score (nSPS) is 19.3. The van der Waals surface area contributed by atoms with Crippen molar-refractivity contribution in [3.63, 3.8) is 0 Å². The Hall–Kier alpha value is -3.07. The first-order valence-corrected chi connectivity index (χ1v) is 13.5. The fraction of sp³-hybridized carbons (Fsp3) is 0.391. The van der Waals surface area contributed by atoms with Crippen molar-refractivity contribution in [3.8, 4) is 17.5 Å².